The fraction of sp³-hybridized carbons (Fsp3) is 0.438. The quantitative estimate of drug-likeness (QED) is 0.745. The van der Waals surface area contributed by atoms with Gasteiger partial charge < -0.3 is 4.57 Å². The van der Waals surface area contributed by atoms with Gasteiger partial charge in [0.25, 0.3) is 0 Å². The number of rotatable bonds is 1. The topological polar surface area (TPSA) is 17.8 Å². The predicted octanol–water partition coefficient (Wildman–Crippen LogP) is 3.54. The van der Waals surface area contributed by atoms with Gasteiger partial charge >= 0.3 is 0 Å². The van der Waals surface area contributed by atoms with Gasteiger partial charge in [-0.15, -0.1) is 0 Å². The molecule has 1 atom stereocenters. The minimum Gasteiger partial charge on any atom is -0.332 e. The van der Waals surface area contributed by atoms with Gasteiger partial charge in [-0.1, -0.05) is 23.8 Å². The number of imidazole rings is 1. The molecule has 1 unspecified atom stereocenters. The van der Waals surface area contributed by atoms with Crippen LogP contribution in [0.2, 0.25) is 0 Å². The van der Waals surface area contributed by atoms with E-state index in [0.717, 1.165) is 18.8 Å². The van der Waals surface area contributed by atoms with Crippen molar-refractivity contribution >= 4 is 0 Å². The van der Waals surface area contributed by atoms with E-state index in [9.17, 15) is 0 Å². The van der Waals surface area contributed by atoms with Crippen molar-refractivity contribution in [1.29, 1.82) is 0 Å². The first-order valence-electron chi connectivity index (χ1n) is 6.73. The lowest BCUT2D eigenvalue weighted by atomic mass is 9.87. The molecule has 18 heavy (non-hydrogen) atoms. The minimum absolute atomic E-state index is 0.644. The molecule has 3 rings (SSSR count). The summed E-state index contributed by atoms with van der Waals surface area (Å²) in [4.78, 5) is 4.43. The molecule has 2 nitrogen and oxygen atoms in total. The van der Waals surface area contributed by atoms with Crippen molar-refractivity contribution < 1.29 is 0 Å². The molecular formula is C16H20N2. The summed E-state index contributed by atoms with van der Waals surface area (Å²) in [7, 11) is 0. The van der Waals surface area contributed by atoms with Crippen molar-refractivity contribution in [2.24, 2.45) is 0 Å². The largest absolute Gasteiger partial charge is 0.332 e. The monoisotopic (exact) mass is 240 g/mol. The highest BCUT2D eigenvalue weighted by atomic mass is 15.1. The zero-order valence-electron chi connectivity index (χ0n) is 11.4. The lowest BCUT2D eigenvalue weighted by molar-refractivity contribution is 0.455. The Morgan fingerprint density at radius 3 is 2.83 bits per heavy atom. The Kier molecular flexibility index (Phi) is 2.73. The Morgan fingerprint density at radius 1 is 1.22 bits per heavy atom. The van der Waals surface area contributed by atoms with Gasteiger partial charge in [-0.3, -0.25) is 0 Å². The maximum atomic E-state index is 4.43. The van der Waals surface area contributed by atoms with Crippen LogP contribution in [0.25, 0.3) is 0 Å². The number of nitrogens with zero attached hydrogens (tertiary/aromatic N) is 2. The van der Waals surface area contributed by atoms with Gasteiger partial charge in [0.2, 0.25) is 0 Å². The number of hydrogen-bond acceptors (Lipinski definition) is 1. The van der Waals surface area contributed by atoms with E-state index in [0.29, 0.717) is 5.92 Å². The fourth-order valence-corrected chi connectivity index (χ4v) is 3.14. The molecule has 0 saturated heterocycles. The number of hydrogen-bond donors (Lipinski definition) is 0. The van der Waals surface area contributed by atoms with Crippen LogP contribution < -0.4 is 0 Å². The average molecular weight is 240 g/mol. The summed E-state index contributed by atoms with van der Waals surface area (Å²) in [6, 6.07) is 6.84. The van der Waals surface area contributed by atoms with Crippen molar-refractivity contribution in [3.63, 3.8) is 0 Å². The second kappa shape index (κ2) is 4.27. The Morgan fingerprint density at radius 2 is 2.06 bits per heavy atom. The number of benzene rings is 1. The van der Waals surface area contributed by atoms with Crippen molar-refractivity contribution in [3.05, 3.63) is 52.6 Å². The van der Waals surface area contributed by atoms with E-state index in [1.807, 2.05) is 6.20 Å². The fourth-order valence-electron chi connectivity index (χ4n) is 3.14. The van der Waals surface area contributed by atoms with Gasteiger partial charge in [0.15, 0.2) is 0 Å². The zero-order chi connectivity index (χ0) is 12.7. The van der Waals surface area contributed by atoms with Crippen LogP contribution in [0.3, 0.4) is 0 Å². The third kappa shape index (κ3) is 1.86. The zero-order valence-corrected chi connectivity index (χ0v) is 11.4. The van der Waals surface area contributed by atoms with Crippen LogP contribution in [0.5, 0.6) is 0 Å². The molecule has 0 spiro atoms. The first-order valence-corrected chi connectivity index (χ1v) is 6.73. The average Bonchev–Trinajstić information content (AvgIpc) is 2.71. The van der Waals surface area contributed by atoms with Crippen molar-refractivity contribution in [2.75, 3.05) is 0 Å². The molecule has 0 aliphatic carbocycles. The number of aromatic nitrogens is 2. The van der Waals surface area contributed by atoms with Crippen LogP contribution in [-0.2, 0) is 13.0 Å². The molecule has 1 aliphatic heterocycles. The summed E-state index contributed by atoms with van der Waals surface area (Å²) in [5, 5.41) is 0. The molecule has 0 radical (unpaired) electrons. The molecule has 2 aromatic rings. The summed E-state index contributed by atoms with van der Waals surface area (Å²) < 4.78 is 2.38. The highest BCUT2D eigenvalue weighted by Crippen LogP contribution is 2.31. The molecule has 1 aromatic heterocycles. The highest BCUT2D eigenvalue weighted by molar-refractivity contribution is 5.34. The van der Waals surface area contributed by atoms with E-state index in [1.54, 1.807) is 0 Å². The van der Waals surface area contributed by atoms with Crippen LogP contribution in [0, 0.1) is 20.8 Å². The van der Waals surface area contributed by atoms with Gasteiger partial charge in [-0.25, -0.2) is 4.98 Å². The van der Waals surface area contributed by atoms with Gasteiger partial charge in [0, 0.05) is 24.4 Å². The molecule has 0 saturated carbocycles. The van der Waals surface area contributed by atoms with Crippen LogP contribution in [0.4, 0.5) is 0 Å². The Balaban J connectivity index is 1.93. The smallest absolute Gasteiger partial charge is 0.105 e. The first kappa shape index (κ1) is 11.5. The summed E-state index contributed by atoms with van der Waals surface area (Å²) >= 11 is 0. The molecule has 1 aliphatic rings. The van der Waals surface area contributed by atoms with Gasteiger partial charge in [-0.2, -0.15) is 0 Å². The molecule has 1 aromatic carbocycles. The Hall–Kier alpha value is -1.57. The van der Waals surface area contributed by atoms with E-state index < -0.39 is 0 Å². The van der Waals surface area contributed by atoms with E-state index >= 15 is 0 Å². The Labute approximate surface area is 109 Å². The summed E-state index contributed by atoms with van der Waals surface area (Å²) in [6.07, 6.45) is 4.43. The third-order valence-corrected chi connectivity index (χ3v) is 4.15. The Bertz CT molecular complexity index is 581. The number of aryl methyl sites for hydroxylation is 4. The lowest BCUT2D eigenvalue weighted by Gasteiger charge is -2.26. The molecule has 0 bridgehead atoms. The van der Waals surface area contributed by atoms with Crippen LogP contribution >= 0.6 is 0 Å². The van der Waals surface area contributed by atoms with Crippen molar-refractivity contribution in [3.8, 4) is 0 Å². The normalized spacial score (nSPS) is 18.7. The molecule has 94 valence electrons. The van der Waals surface area contributed by atoms with Gasteiger partial charge in [0.05, 0.1) is 0 Å². The lowest BCUT2D eigenvalue weighted by Crippen LogP contribution is -2.20. The first-order chi connectivity index (χ1) is 8.65. The van der Waals surface area contributed by atoms with Gasteiger partial charge in [0.1, 0.15) is 5.82 Å². The van der Waals surface area contributed by atoms with E-state index in [4.69, 9.17) is 0 Å². The number of fused-ring (bicyclic) bond motifs is 1. The van der Waals surface area contributed by atoms with Crippen molar-refractivity contribution in [2.45, 2.75) is 46.1 Å². The SMILES string of the molecule is Cc1ccc(C2CCc3cnc(C)n3C2)c(C)c1. The van der Waals surface area contributed by atoms with Crippen LogP contribution in [-0.4, -0.2) is 9.55 Å². The summed E-state index contributed by atoms with van der Waals surface area (Å²) in [5.41, 5.74) is 5.70. The second-order valence-electron chi connectivity index (χ2n) is 5.50. The summed E-state index contributed by atoms with van der Waals surface area (Å²) in [5.74, 6) is 1.80. The molecular weight excluding hydrogens is 220 g/mol. The minimum atomic E-state index is 0.644. The van der Waals surface area contributed by atoms with Crippen molar-refractivity contribution in [1.82, 2.24) is 9.55 Å². The molecule has 0 N–H and O–H groups in total. The molecule has 2 heteroatoms. The molecule has 0 fully saturated rings. The van der Waals surface area contributed by atoms with Crippen LogP contribution in [0.1, 0.15) is 40.5 Å². The predicted molar refractivity (Wildman–Crippen MR) is 73.9 cm³/mol. The maximum Gasteiger partial charge on any atom is 0.105 e. The summed E-state index contributed by atoms with van der Waals surface area (Å²) in [6.45, 7) is 7.59. The highest BCUT2D eigenvalue weighted by Gasteiger charge is 2.22. The second-order valence-corrected chi connectivity index (χ2v) is 5.50. The maximum absolute atomic E-state index is 4.43. The van der Waals surface area contributed by atoms with E-state index in [2.05, 4.69) is 48.5 Å². The standard InChI is InChI=1S/C16H20N2/c1-11-4-7-16(12(2)8-11)14-5-6-15-9-17-13(3)18(15)10-14/h4,7-9,14H,5-6,10H2,1-3H3. The molecule has 2 heterocycles. The molecule has 0 amide bonds. The van der Waals surface area contributed by atoms with Crippen LogP contribution in [0.15, 0.2) is 24.4 Å². The third-order valence-electron chi connectivity index (χ3n) is 4.15. The van der Waals surface area contributed by atoms with Gasteiger partial charge in [-0.05, 0) is 44.7 Å². The van der Waals surface area contributed by atoms with E-state index in [1.165, 1.54) is 28.8 Å². The van der Waals surface area contributed by atoms with E-state index in [-0.39, 0.29) is 0 Å².